The molecule has 2 aliphatic rings. The Kier molecular flexibility index (Phi) is 3.44. The van der Waals surface area contributed by atoms with Crippen molar-refractivity contribution in [2.45, 2.75) is 51.5 Å². The smallest absolute Gasteiger partial charge is 0.0374 e. The van der Waals surface area contributed by atoms with Gasteiger partial charge in [0.25, 0.3) is 0 Å². The Morgan fingerprint density at radius 2 is 2.22 bits per heavy atom. The summed E-state index contributed by atoms with van der Waals surface area (Å²) in [5.41, 5.74) is 4.32. The van der Waals surface area contributed by atoms with Crippen molar-refractivity contribution in [3.63, 3.8) is 0 Å². The van der Waals surface area contributed by atoms with Gasteiger partial charge in [-0.2, -0.15) is 0 Å². The third kappa shape index (κ3) is 2.21. The molecule has 0 radical (unpaired) electrons. The molecule has 0 aromatic heterocycles. The number of nitrogens with zero attached hydrogens (tertiary/aromatic N) is 1. The average Bonchev–Trinajstić information content (AvgIpc) is 2.46. The highest BCUT2D eigenvalue weighted by Gasteiger charge is 2.21. The highest BCUT2D eigenvalue weighted by Crippen LogP contribution is 2.31. The van der Waals surface area contributed by atoms with Gasteiger partial charge in [0.1, 0.15) is 0 Å². The first kappa shape index (κ1) is 11.9. The van der Waals surface area contributed by atoms with Crippen molar-refractivity contribution in [2.75, 3.05) is 23.3 Å². The van der Waals surface area contributed by atoms with Crippen LogP contribution >= 0.6 is 0 Å². The summed E-state index contributed by atoms with van der Waals surface area (Å²) in [7, 11) is 0. The maximum absolute atomic E-state index is 3.50. The Balaban J connectivity index is 1.86. The molecule has 2 nitrogen and oxygen atoms in total. The minimum Gasteiger partial charge on any atom is -0.385 e. The summed E-state index contributed by atoms with van der Waals surface area (Å²) in [5, 5.41) is 3.50. The van der Waals surface area contributed by atoms with Crippen molar-refractivity contribution in [1.82, 2.24) is 0 Å². The highest BCUT2D eigenvalue weighted by atomic mass is 15.2. The van der Waals surface area contributed by atoms with Crippen LogP contribution in [0.15, 0.2) is 18.2 Å². The normalized spacial score (nSPS) is 23.4. The average molecular weight is 244 g/mol. The van der Waals surface area contributed by atoms with E-state index in [1.165, 1.54) is 62.0 Å². The van der Waals surface area contributed by atoms with E-state index < -0.39 is 0 Å². The zero-order chi connectivity index (χ0) is 12.4. The molecule has 0 saturated carbocycles. The SMILES string of the molecule is CC[C@@H]1CCCCN1c1ccc2c(c1)CCCN2. The van der Waals surface area contributed by atoms with E-state index in [2.05, 4.69) is 35.3 Å². The fourth-order valence-corrected chi connectivity index (χ4v) is 3.40. The first-order valence-corrected chi connectivity index (χ1v) is 7.52. The fourth-order valence-electron chi connectivity index (χ4n) is 3.40. The van der Waals surface area contributed by atoms with E-state index in [1.807, 2.05) is 0 Å². The molecule has 0 spiro atoms. The van der Waals surface area contributed by atoms with E-state index in [4.69, 9.17) is 0 Å². The van der Waals surface area contributed by atoms with Crippen LogP contribution in [0.4, 0.5) is 11.4 Å². The Labute approximate surface area is 110 Å². The van der Waals surface area contributed by atoms with Gasteiger partial charge in [-0.15, -0.1) is 0 Å². The molecule has 2 heterocycles. The molecule has 0 unspecified atom stereocenters. The second kappa shape index (κ2) is 5.21. The topological polar surface area (TPSA) is 15.3 Å². The summed E-state index contributed by atoms with van der Waals surface area (Å²) in [5.74, 6) is 0. The second-order valence-electron chi connectivity index (χ2n) is 5.62. The molecule has 2 aliphatic heterocycles. The quantitative estimate of drug-likeness (QED) is 0.851. The molecule has 1 atom stereocenters. The monoisotopic (exact) mass is 244 g/mol. The van der Waals surface area contributed by atoms with Gasteiger partial charge in [0.15, 0.2) is 0 Å². The van der Waals surface area contributed by atoms with E-state index in [-0.39, 0.29) is 0 Å². The molecule has 1 fully saturated rings. The van der Waals surface area contributed by atoms with Gasteiger partial charge in [0.2, 0.25) is 0 Å². The van der Waals surface area contributed by atoms with Crippen molar-refractivity contribution >= 4 is 11.4 Å². The van der Waals surface area contributed by atoms with E-state index >= 15 is 0 Å². The Morgan fingerprint density at radius 3 is 3.11 bits per heavy atom. The van der Waals surface area contributed by atoms with Gasteiger partial charge in [-0.05, 0) is 62.3 Å². The maximum atomic E-state index is 3.50. The van der Waals surface area contributed by atoms with Crippen LogP contribution in [0.1, 0.15) is 44.6 Å². The molecule has 0 amide bonds. The number of piperidine rings is 1. The Hall–Kier alpha value is -1.18. The van der Waals surface area contributed by atoms with Gasteiger partial charge >= 0.3 is 0 Å². The number of anilines is 2. The van der Waals surface area contributed by atoms with Crippen molar-refractivity contribution < 1.29 is 0 Å². The van der Waals surface area contributed by atoms with Crippen molar-refractivity contribution in [3.05, 3.63) is 23.8 Å². The lowest BCUT2D eigenvalue weighted by Gasteiger charge is -2.37. The second-order valence-corrected chi connectivity index (χ2v) is 5.62. The number of benzene rings is 1. The molecule has 3 rings (SSSR count). The van der Waals surface area contributed by atoms with Crippen LogP contribution in [0.3, 0.4) is 0 Å². The summed E-state index contributed by atoms with van der Waals surface area (Å²) >= 11 is 0. The summed E-state index contributed by atoms with van der Waals surface area (Å²) in [6.07, 6.45) is 7.91. The van der Waals surface area contributed by atoms with Gasteiger partial charge in [0, 0.05) is 30.5 Å². The third-order valence-corrected chi connectivity index (χ3v) is 4.46. The molecule has 1 saturated heterocycles. The van der Waals surface area contributed by atoms with Gasteiger partial charge in [-0.25, -0.2) is 0 Å². The lowest BCUT2D eigenvalue weighted by atomic mass is 9.97. The first-order valence-electron chi connectivity index (χ1n) is 7.52. The number of nitrogens with one attached hydrogen (secondary N) is 1. The fraction of sp³-hybridized carbons (Fsp3) is 0.625. The lowest BCUT2D eigenvalue weighted by Crippen LogP contribution is -2.39. The molecular weight excluding hydrogens is 220 g/mol. The summed E-state index contributed by atoms with van der Waals surface area (Å²) in [6.45, 7) is 4.70. The predicted octanol–water partition coefficient (Wildman–Crippen LogP) is 3.81. The summed E-state index contributed by atoms with van der Waals surface area (Å²) < 4.78 is 0. The van der Waals surface area contributed by atoms with Gasteiger partial charge < -0.3 is 10.2 Å². The minimum atomic E-state index is 0.758. The predicted molar refractivity (Wildman–Crippen MR) is 78.5 cm³/mol. The standard InChI is InChI=1S/C16H24N2/c1-2-14-7-3-4-11-18(14)15-8-9-16-13(12-15)6-5-10-17-16/h8-9,12,14,17H,2-7,10-11H2,1H3/t14-/m1/s1. The maximum Gasteiger partial charge on any atom is 0.0374 e. The summed E-state index contributed by atoms with van der Waals surface area (Å²) in [6, 6.07) is 7.78. The number of hydrogen-bond donors (Lipinski definition) is 1. The number of hydrogen-bond acceptors (Lipinski definition) is 2. The minimum absolute atomic E-state index is 0.758. The molecule has 98 valence electrons. The number of rotatable bonds is 2. The van der Waals surface area contributed by atoms with Crippen LogP contribution in [-0.4, -0.2) is 19.1 Å². The van der Waals surface area contributed by atoms with Crippen LogP contribution in [0.5, 0.6) is 0 Å². The molecule has 1 aromatic carbocycles. The zero-order valence-electron chi connectivity index (χ0n) is 11.4. The van der Waals surface area contributed by atoms with Crippen LogP contribution in [-0.2, 0) is 6.42 Å². The largest absolute Gasteiger partial charge is 0.385 e. The lowest BCUT2D eigenvalue weighted by molar-refractivity contribution is 0.450. The molecule has 2 heteroatoms. The zero-order valence-corrected chi connectivity index (χ0v) is 11.4. The molecule has 0 bridgehead atoms. The van der Waals surface area contributed by atoms with Crippen molar-refractivity contribution in [1.29, 1.82) is 0 Å². The van der Waals surface area contributed by atoms with E-state index in [1.54, 1.807) is 0 Å². The van der Waals surface area contributed by atoms with Gasteiger partial charge in [-0.3, -0.25) is 0 Å². The van der Waals surface area contributed by atoms with Crippen LogP contribution in [0.2, 0.25) is 0 Å². The van der Waals surface area contributed by atoms with Crippen LogP contribution in [0.25, 0.3) is 0 Å². The van der Waals surface area contributed by atoms with E-state index in [9.17, 15) is 0 Å². The highest BCUT2D eigenvalue weighted by molar-refractivity contribution is 5.62. The third-order valence-electron chi connectivity index (χ3n) is 4.46. The van der Waals surface area contributed by atoms with Crippen molar-refractivity contribution in [3.8, 4) is 0 Å². The van der Waals surface area contributed by atoms with Crippen LogP contribution < -0.4 is 10.2 Å². The van der Waals surface area contributed by atoms with E-state index in [0.29, 0.717) is 0 Å². The molecular formula is C16H24N2. The Morgan fingerprint density at radius 1 is 1.28 bits per heavy atom. The molecule has 0 aliphatic carbocycles. The van der Waals surface area contributed by atoms with Gasteiger partial charge in [0.05, 0.1) is 0 Å². The first-order chi connectivity index (χ1) is 8.88. The number of fused-ring (bicyclic) bond motifs is 1. The molecule has 1 N–H and O–H groups in total. The molecule has 18 heavy (non-hydrogen) atoms. The number of aryl methyl sites for hydroxylation is 1. The van der Waals surface area contributed by atoms with E-state index in [0.717, 1.165) is 12.6 Å². The van der Waals surface area contributed by atoms with Gasteiger partial charge in [-0.1, -0.05) is 6.92 Å². The Bertz CT molecular complexity index is 414. The van der Waals surface area contributed by atoms with Crippen LogP contribution in [0, 0.1) is 0 Å². The van der Waals surface area contributed by atoms with Crippen molar-refractivity contribution in [2.24, 2.45) is 0 Å². The molecule has 1 aromatic rings. The summed E-state index contributed by atoms with van der Waals surface area (Å²) in [4.78, 5) is 2.64.